The fourth-order valence-corrected chi connectivity index (χ4v) is 3.67. The van der Waals surface area contributed by atoms with E-state index < -0.39 is 21.9 Å². The highest BCUT2D eigenvalue weighted by Crippen LogP contribution is 2.10. The molecule has 0 unspecified atom stereocenters. The summed E-state index contributed by atoms with van der Waals surface area (Å²) in [5.74, 6) is -1.58. The van der Waals surface area contributed by atoms with E-state index in [1.165, 1.54) is 4.31 Å². The van der Waals surface area contributed by atoms with Crippen LogP contribution in [0, 0.1) is 0 Å². The summed E-state index contributed by atoms with van der Waals surface area (Å²) in [5, 5.41) is 8.53. The normalized spacial score (nSPS) is 18.6. The molecule has 0 aromatic heterocycles. The molecule has 1 aliphatic heterocycles. The minimum Gasteiger partial charge on any atom is -0.481 e. The topological polar surface area (TPSA) is 121 Å². The van der Waals surface area contributed by atoms with Gasteiger partial charge in [0.15, 0.2) is 0 Å². The highest BCUT2D eigenvalue weighted by atomic mass is 32.2. The Morgan fingerprint density at radius 1 is 1.15 bits per heavy atom. The lowest BCUT2D eigenvalue weighted by Gasteiger charge is -2.20. The van der Waals surface area contributed by atoms with Gasteiger partial charge in [-0.1, -0.05) is 0 Å². The summed E-state index contributed by atoms with van der Waals surface area (Å²) in [4.78, 5) is 23.1. The lowest BCUT2D eigenvalue weighted by molar-refractivity contribution is -0.137. The van der Waals surface area contributed by atoms with Crippen molar-refractivity contribution in [2.24, 2.45) is 5.73 Å². The zero-order valence-corrected chi connectivity index (χ0v) is 12.1. The molecule has 1 heterocycles. The number of amides is 1. The smallest absolute Gasteiger partial charge is 0.303 e. The molecule has 0 saturated carbocycles. The molecule has 3 N–H and O–H groups in total. The molecular formula is C11H21N3O5S. The van der Waals surface area contributed by atoms with E-state index in [1.54, 1.807) is 0 Å². The lowest BCUT2D eigenvalue weighted by Crippen LogP contribution is -2.39. The molecule has 8 nitrogen and oxygen atoms in total. The predicted octanol–water partition coefficient (Wildman–Crippen LogP) is -1.33. The van der Waals surface area contributed by atoms with Crippen LogP contribution in [0.15, 0.2) is 0 Å². The average molecular weight is 307 g/mol. The van der Waals surface area contributed by atoms with Crippen LogP contribution in [0.25, 0.3) is 0 Å². The fraction of sp³-hybridized carbons (Fsp3) is 0.818. The van der Waals surface area contributed by atoms with Crippen LogP contribution in [0.4, 0.5) is 0 Å². The number of sulfonamides is 1. The number of carbonyl (C=O) groups excluding carboxylic acids is 1. The Morgan fingerprint density at radius 3 is 2.45 bits per heavy atom. The van der Waals surface area contributed by atoms with Gasteiger partial charge in [-0.2, -0.15) is 0 Å². The SMILES string of the molecule is NC(=O)CN1CCCN(S(=O)(=O)CCCC(=O)O)CC1. The van der Waals surface area contributed by atoms with Crippen LogP contribution in [-0.4, -0.2) is 73.1 Å². The third-order valence-corrected chi connectivity index (χ3v) is 5.07. The van der Waals surface area contributed by atoms with E-state index in [4.69, 9.17) is 10.8 Å². The van der Waals surface area contributed by atoms with Crippen LogP contribution >= 0.6 is 0 Å². The maximum absolute atomic E-state index is 12.1. The third-order valence-electron chi connectivity index (χ3n) is 3.11. The largest absolute Gasteiger partial charge is 0.481 e. The van der Waals surface area contributed by atoms with Crippen molar-refractivity contribution in [3.05, 3.63) is 0 Å². The Bertz CT molecular complexity index is 451. The van der Waals surface area contributed by atoms with E-state index in [0.29, 0.717) is 32.6 Å². The Balaban J connectivity index is 2.50. The number of carboxylic acids is 1. The molecule has 1 rings (SSSR count). The first-order chi connectivity index (χ1) is 9.31. The number of primary amides is 1. The number of nitrogens with zero attached hydrogens (tertiary/aromatic N) is 2. The molecule has 1 amide bonds. The summed E-state index contributed by atoms with van der Waals surface area (Å²) in [6, 6.07) is 0. The monoisotopic (exact) mass is 307 g/mol. The first-order valence-corrected chi connectivity index (χ1v) is 8.12. The van der Waals surface area contributed by atoms with Crippen molar-refractivity contribution in [1.29, 1.82) is 0 Å². The van der Waals surface area contributed by atoms with Crippen molar-refractivity contribution in [2.45, 2.75) is 19.3 Å². The second-order valence-electron chi connectivity index (χ2n) is 4.81. The first kappa shape index (κ1) is 16.9. The Labute approximate surface area is 118 Å². The number of carbonyl (C=O) groups is 2. The third kappa shape index (κ3) is 5.85. The van der Waals surface area contributed by atoms with E-state index in [9.17, 15) is 18.0 Å². The van der Waals surface area contributed by atoms with Crippen molar-refractivity contribution in [3.8, 4) is 0 Å². The van der Waals surface area contributed by atoms with Gasteiger partial charge in [-0.3, -0.25) is 14.5 Å². The van der Waals surface area contributed by atoms with Gasteiger partial charge in [0.1, 0.15) is 0 Å². The van der Waals surface area contributed by atoms with Crippen LogP contribution in [0.5, 0.6) is 0 Å². The van der Waals surface area contributed by atoms with Gasteiger partial charge in [0.25, 0.3) is 0 Å². The molecular weight excluding hydrogens is 286 g/mol. The Hall–Kier alpha value is -1.19. The van der Waals surface area contributed by atoms with Crippen LogP contribution in [-0.2, 0) is 19.6 Å². The molecule has 0 radical (unpaired) electrons. The second kappa shape index (κ2) is 7.55. The summed E-state index contributed by atoms with van der Waals surface area (Å²) in [6.07, 6.45) is 0.589. The number of hydrogen-bond acceptors (Lipinski definition) is 5. The molecule has 0 bridgehead atoms. The predicted molar refractivity (Wildman–Crippen MR) is 72.5 cm³/mol. The van der Waals surface area contributed by atoms with Gasteiger partial charge in [-0.15, -0.1) is 0 Å². The van der Waals surface area contributed by atoms with E-state index in [2.05, 4.69) is 0 Å². The van der Waals surface area contributed by atoms with Crippen LogP contribution in [0.1, 0.15) is 19.3 Å². The van der Waals surface area contributed by atoms with Gasteiger partial charge in [-0.25, -0.2) is 12.7 Å². The Kier molecular flexibility index (Phi) is 6.37. The standard InChI is InChI=1S/C11H21N3O5S/c12-10(15)9-13-4-2-5-14(7-6-13)20(18,19)8-1-3-11(16)17/h1-9H2,(H2,12,15)(H,16,17). The van der Waals surface area contributed by atoms with Crippen LogP contribution in [0.3, 0.4) is 0 Å². The van der Waals surface area contributed by atoms with E-state index >= 15 is 0 Å². The molecule has 9 heteroatoms. The molecule has 1 aliphatic rings. The molecule has 1 fully saturated rings. The highest BCUT2D eigenvalue weighted by Gasteiger charge is 2.25. The molecule has 20 heavy (non-hydrogen) atoms. The van der Waals surface area contributed by atoms with Gasteiger partial charge < -0.3 is 10.8 Å². The van der Waals surface area contributed by atoms with Crippen molar-refractivity contribution >= 4 is 21.9 Å². The minimum absolute atomic E-state index is 0.110. The number of aliphatic carboxylic acids is 1. The number of carboxylic acid groups (broad SMARTS) is 1. The van der Waals surface area contributed by atoms with Crippen molar-refractivity contribution in [1.82, 2.24) is 9.21 Å². The van der Waals surface area contributed by atoms with Gasteiger partial charge in [-0.05, 0) is 19.4 Å². The summed E-state index contributed by atoms with van der Waals surface area (Å²) in [7, 11) is -3.43. The number of rotatable bonds is 7. The summed E-state index contributed by atoms with van der Waals surface area (Å²) in [5.41, 5.74) is 5.12. The van der Waals surface area contributed by atoms with Crippen LogP contribution < -0.4 is 5.73 Å². The zero-order valence-electron chi connectivity index (χ0n) is 11.3. The minimum atomic E-state index is -3.43. The molecule has 1 saturated heterocycles. The maximum Gasteiger partial charge on any atom is 0.303 e. The number of hydrogen-bond donors (Lipinski definition) is 2. The van der Waals surface area contributed by atoms with Gasteiger partial charge in [0, 0.05) is 26.1 Å². The quantitative estimate of drug-likeness (QED) is 0.601. The van der Waals surface area contributed by atoms with Crippen molar-refractivity contribution in [3.63, 3.8) is 0 Å². The van der Waals surface area contributed by atoms with Crippen molar-refractivity contribution < 1.29 is 23.1 Å². The molecule has 0 aromatic carbocycles. The summed E-state index contributed by atoms with van der Waals surface area (Å²) < 4.78 is 25.5. The first-order valence-electron chi connectivity index (χ1n) is 6.51. The fourth-order valence-electron chi connectivity index (χ4n) is 2.14. The molecule has 0 spiro atoms. The summed E-state index contributed by atoms with van der Waals surface area (Å²) in [6.45, 7) is 1.92. The number of nitrogens with two attached hydrogens (primary N) is 1. The molecule has 0 aliphatic carbocycles. The maximum atomic E-state index is 12.1. The van der Waals surface area contributed by atoms with Gasteiger partial charge in [0.05, 0.1) is 12.3 Å². The molecule has 0 atom stereocenters. The van der Waals surface area contributed by atoms with E-state index in [-0.39, 0.29) is 25.1 Å². The Morgan fingerprint density at radius 2 is 1.85 bits per heavy atom. The second-order valence-corrected chi connectivity index (χ2v) is 6.90. The molecule has 0 aromatic rings. The highest BCUT2D eigenvalue weighted by molar-refractivity contribution is 7.89. The van der Waals surface area contributed by atoms with Gasteiger partial charge in [0.2, 0.25) is 15.9 Å². The lowest BCUT2D eigenvalue weighted by atomic mass is 10.3. The van der Waals surface area contributed by atoms with Crippen molar-refractivity contribution in [2.75, 3.05) is 38.5 Å². The van der Waals surface area contributed by atoms with Crippen LogP contribution in [0.2, 0.25) is 0 Å². The zero-order chi connectivity index (χ0) is 15.2. The van der Waals surface area contributed by atoms with E-state index in [1.807, 2.05) is 4.90 Å². The summed E-state index contributed by atoms with van der Waals surface area (Å²) >= 11 is 0. The average Bonchev–Trinajstić information content (AvgIpc) is 2.53. The van der Waals surface area contributed by atoms with Gasteiger partial charge >= 0.3 is 5.97 Å². The molecule has 116 valence electrons. The van der Waals surface area contributed by atoms with E-state index in [0.717, 1.165) is 0 Å².